The quantitative estimate of drug-likeness (QED) is 0.542. The Morgan fingerprint density at radius 3 is 2.57 bits per heavy atom. The van der Waals surface area contributed by atoms with Crippen molar-refractivity contribution in [2.24, 2.45) is 0 Å². The van der Waals surface area contributed by atoms with Gasteiger partial charge in [-0.3, -0.25) is 4.79 Å². The molecule has 0 fully saturated rings. The summed E-state index contributed by atoms with van der Waals surface area (Å²) in [6, 6.07) is 17.3. The zero-order chi connectivity index (χ0) is 15.0. The molecule has 0 aliphatic carbocycles. The van der Waals surface area contributed by atoms with E-state index in [1.54, 1.807) is 18.2 Å². The first kappa shape index (κ1) is 13.8. The third-order valence-corrected chi connectivity index (χ3v) is 4.00. The number of anilines is 1. The topological polar surface area (TPSA) is 43.1 Å². The summed E-state index contributed by atoms with van der Waals surface area (Å²) in [5, 5.41) is 2.04. The fourth-order valence-electron chi connectivity index (χ4n) is 2.57. The van der Waals surface area contributed by atoms with Crippen LogP contribution in [-0.4, -0.2) is 5.78 Å². The highest BCUT2D eigenvalue weighted by molar-refractivity contribution is 9.10. The van der Waals surface area contributed by atoms with E-state index in [0.717, 1.165) is 26.4 Å². The molecule has 2 nitrogen and oxygen atoms in total. The first-order valence-electron chi connectivity index (χ1n) is 6.65. The lowest BCUT2D eigenvalue weighted by atomic mass is 9.93. The number of fused-ring (bicyclic) bond motifs is 1. The second-order valence-corrected chi connectivity index (χ2v) is 6.00. The van der Waals surface area contributed by atoms with Gasteiger partial charge in [0.25, 0.3) is 0 Å². The summed E-state index contributed by atoms with van der Waals surface area (Å²) >= 11 is 3.39. The average molecular weight is 340 g/mol. The van der Waals surface area contributed by atoms with Crippen LogP contribution in [-0.2, 0) is 0 Å². The fraction of sp³-hybridized carbons (Fsp3) is 0.0556. The summed E-state index contributed by atoms with van der Waals surface area (Å²) in [5.41, 5.74) is 8.73. The van der Waals surface area contributed by atoms with E-state index in [4.69, 9.17) is 5.73 Å². The SMILES string of the molecule is Cc1ccc2ccccc2c1C(=O)c1cc(N)cc(Br)c1. The molecule has 0 heterocycles. The van der Waals surface area contributed by atoms with E-state index in [2.05, 4.69) is 15.9 Å². The molecule has 3 rings (SSSR count). The standard InChI is InChI=1S/C18H14BrNO/c1-11-6-7-12-4-2-3-5-16(12)17(11)18(21)13-8-14(19)10-15(20)9-13/h2-10H,20H2,1H3. The molecule has 104 valence electrons. The number of hydrogen-bond acceptors (Lipinski definition) is 2. The lowest BCUT2D eigenvalue weighted by Crippen LogP contribution is -2.05. The molecule has 0 spiro atoms. The summed E-state index contributed by atoms with van der Waals surface area (Å²) < 4.78 is 0.809. The molecule has 3 heteroatoms. The maximum Gasteiger partial charge on any atom is 0.194 e. The van der Waals surface area contributed by atoms with Crippen LogP contribution in [0.2, 0.25) is 0 Å². The number of ketones is 1. The molecule has 0 atom stereocenters. The largest absolute Gasteiger partial charge is 0.399 e. The predicted molar refractivity (Wildman–Crippen MR) is 90.7 cm³/mol. The number of rotatable bonds is 2. The molecule has 0 unspecified atom stereocenters. The van der Waals surface area contributed by atoms with Crippen molar-refractivity contribution < 1.29 is 4.79 Å². The molecular formula is C18H14BrNO. The Hall–Kier alpha value is -2.13. The third-order valence-electron chi connectivity index (χ3n) is 3.55. The van der Waals surface area contributed by atoms with Gasteiger partial charge in [0.2, 0.25) is 0 Å². The van der Waals surface area contributed by atoms with Crippen molar-refractivity contribution in [2.75, 3.05) is 5.73 Å². The predicted octanol–water partition coefficient (Wildman–Crippen LogP) is 4.72. The summed E-state index contributed by atoms with van der Waals surface area (Å²) in [6.45, 7) is 1.96. The second kappa shape index (κ2) is 5.34. The molecule has 0 aromatic heterocycles. The van der Waals surface area contributed by atoms with Gasteiger partial charge in [-0.1, -0.05) is 52.3 Å². The third kappa shape index (κ3) is 2.57. The van der Waals surface area contributed by atoms with Gasteiger partial charge in [-0.05, 0) is 41.5 Å². The van der Waals surface area contributed by atoms with Crippen molar-refractivity contribution >= 4 is 38.2 Å². The number of benzene rings is 3. The number of nitrogen functional groups attached to an aromatic ring is 1. The summed E-state index contributed by atoms with van der Waals surface area (Å²) in [6.07, 6.45) is 0. The Balaban J connectivity index is 2.24. The van der Waals surface area contributed by atoms with Gasteiger partial charge in [0.05, 0.1) is 0 Å². The van der Waals surface area contributed by atoms with Crippen LogP contribution in [0.25, 0.3) is 10.8 Å². The molecule has 3 aromatic rings. The number of halogens is 1. The van der Waals surface area contributed by atoms with E-state index in [-0.39, 0.29) is 5.78 Å². The summed E-state index contributed by atoms with van der Waals surface area (Å²) in [7, 11) is 0. The number of nitrogens with two attached hydrogens (primary N) is 1. The van der Waals surface area contributed by atoms with Crippen LogP contribution in [0.1, 0.15) is 21.5 Å². The van der Waals surface area contributed by atoms with Crippen LogP contribution >= 0.6 is 15.9 Å². The Kier molecular flexibility index (Phi) is 3.52. The molecule has 0 bridgehead atoms. The van der Waals surface area contributed by atoms with Gasteiger partial charge in [-0.25, -0.2) is 0 Å². The highest BCUT2D eigenvalue weighted by Gasteiger charge is 2.16. The smallest absolute Gasteiger partial charge is 0.194 e. The van der Waals surface area contributed by atoms with Gasteiger partial charge >= 0.3 is 0 Å². The van der Waals surface area contributed by atoms with Crippen molar-refractivity contribution in [3.8, 4) is 0 Å². The van der Waals surface area contributed by atoms with Crippen LogP contribution < -0.4 is 5.73 Å². The van der Waals surface area contributed by atoms with Crippen molar-refractivity contribution in [1.29, 1.82) is 0 Å². The molecule has 21 heavy (non-hydrogen) atoms. The van der Waals surface area contributed by atoms with E-state index in [1.807, 2.05) is 43.3 Å². The minimum atomic E-state index is -0.00250. The van der Waals surface area contributed by atoms with Gasteiger partial charge in [0.15, 0.2) is 5.78 Å². The first-order chi connectivity index (χ1) is 10.1. The maximum atomic E-state index is 12.9. The molecule has 3 aromatic carbocycles. The zero-order valence-corrected chi connectivity index (χ0v) is 13.1. The summed E-state index contributed by atoms with van der Waals surface area (Å²) in [4.78, 5) is 12.9. The van der Waals surface area contributed by atoms with Crippen LogP contribution in [0.3, 0.4) is 0 Å². The molecule has 0 saturated heterocycles. The van der Waals surface area contributed by atoms with Gasteiger partial charge < -0.3 is 5.73 Å². The van der Waals surface area contributed by atoms with E-state index >= 15 is 0 Å². The van der Waals surface area contributed by atoms with Crippen molar-refractivity contribution in [3.05, 3.63) is 75.8 Å². The lowest BCUT2D eigenvalue weighted by Gasteiger charge is -2.10. The molecule has 0 amide bonds. The molecule has 0 saturated carbocycles. The van der Waals surface area contributed by atoms with Gasteiger partial charge in [-0.15, -0.1) is 0 Å². The highest BCUT2D eigenvalue weighted by Crippen LogP contribution is 2.26. The number of carbonyl (C=O) groups is 1. The molecule has 0 aliphatic heterocycles. The van der Waals surface area contributed by atoms with Crippen molar-refractivity contribution in [2.45, 2.75) is 6.92 Å². The van der Waals surface area contributed by atoms with Gasteiger partial charge in [0, 0.05) is 21.3 Å². The number of hydrogen-bond donors (Lipinski definition) is 1. The normalized spacial score (nSPS) is 10.8. The Morgan fingerprint density at radius 2 is 1.81 bits per heavy atom. The molecular weight excluding hydrogens is 326 g/mol. The minimum Gasteiger partial charge on any atom is -0.399 e. The van der Waals surface area contributed by atoms with Crippen LogP contribution in [0.5, 0.6) is 0 Å². The number of carbonyl (C=O) groups excluding carboxylic acids is 1. The lowest BCUT2D eigenvalue weighted by molar-refractivity contribution is 0.103. The molecule has 0 radical (unpaired) electrons. The summed E-state index contributed by atoms with van der Waals surface area (Å²) in [5.74, 6) is -0.00250. The van der Waals surface area contributed by atoms with E-state index in [0.29, 0.717) is 11.3 Å². The monoisotopic (exact) mass is 339 g/mol. The highest BCUT2D eigenvalue weighted by atomic mass is 79.9. The Labute approximate surface area is 131 Å². The van der Waals surface area contributed by atoms with Crippen LogP contribution in [0, 0.1) is 6.92 Å². The zero-order valence-electron chi connectivity index (χ0n) is 11.6. The Morgan fingerprint density at radius 1 is 1.05 bits per heavy atom. The maximum absolute atomic E-state index is 12.9. The molecule has 0 aliphatic rings. The molecule has 2 N–H and O–H groups in total. The average Bonchev–Trinajstić information content (AvgIpc) is 2.45. The van der Waals surface area contributed by atoms with E-state index < -0.39 is 0 Å². The van der Waals surface area contributed by atoms with E-state index in [9.17, 15) is 4.79 Å². The van der Waals surface area contributed by atoms with Crippen LogP contribution in [0.15, 0.2) is 59.1 Å². The van der Waals surface area contributed by atoms with Crippen LogP contribution in [0.4, 0.5) is 5.69 Å². The number of aryl methyl sites for hydroxylation is 1. The second-order valence-electron chi connectivity index (χ2n) is 5.08. The van der Waals surface area contributed by atoms with E-state index in [1.165, 1.54) is 0 Å². The Bertz CT molecular complexity index is 835. The van der Waals surface area contributed by atoms with Crippen molar-refractivity contribution in [3.63, 3.8) is 0 Å². The van der Waals surface area contributed by atoms with Gasteiger partial charge in [-0.2, -0.15) is 0 Å². The van der Waals surface area contributed by atoms with Crippen molar-refractivity contribution in [1.82, 2.24) is 0 Å². The first-order valence-corrected chi connectivity index (χ1v) is 7.44. The minimum absolute atomic E-state index is 0.00250. The van der Waals surface area contributed by atoms with Gasteiger partial charge in [0.1, 0.15) is 0 Å². The fourth-order valence-corrected chi connectivity index (χ4v) is 3.08.